The van der Waals surface area contributed by atoms with Crippen LogP contribution in [-0.2, 0) is 11.3 Å². The molecule has 7 nitrogen and oxygen atoms in total. The second kappa shape index (κ2) is 7.34. The number of nitrogens with zero attached hydrogens (tertiary/aromatic N) is 1. The van der Waals surface area contributed by atoms with Gasteiger partial charge in [-0.3, -0.25) is 4.79 Å². The van der Waals surface area contributed by atoms with E-state index in [4.69, 9.17) is 0 Å². The van der Waals surface area contributed by atoms with E-state index in [1.54, 1.807) is 31.3 Å². The Morgan fingerprint density at radius 1 is 1.07 bits per heavy atom. The molecule has 0 saturated heterocycles. The summed E-state index contributed by atoms with van der Waals surface area (Å²) in [6.45, 7) is 3.41. The Balaban J connectivity index is 1.65. The molecule has 1 aliphatic heterocycles. The predicted molar refractivity (Wildman–Crippen MR) is 98.6 cm³/mol. The summed E-state index contributed by atoms with van der Waals surface area (Å²) in [5, 5.41) is 5.42. The van der Waals surface area contributed by atoms with Gasteiger partial charge in [-0.1, -0.05) is 12.1 Å². The summed E-state index contributed by atoms with van der Waals surface area (Å²) in [6.07, 6.45) is -3.68. The van der Waals surface area contributed by atoms with Crippen LogP contribution < -0.4 is 20.1 Å². The summed E-state index contributed by atoms with van der Waals surface area (Å²) in [7, 11) is 1.57. The van der Waals surface area contributed by atoms with Crippen molar-refractivity contribution in [3.63, 3.8) is 0 Å². The number of anilines is 2. The minimum Gasteiger partial charge on any atom is -0.395 e. The molecule has 0 aromatic heterocycles. The average Bonchev–Trinajstić information content (AvgIpc) is 2.90. The number of amides is 3. The average molecular weight is 391 g/mol. The molecule has 28 heavy (non-hydrogen) atoms. The Hall–Kier alpha value is -3.36. The highest BCUT2D eigenvalue weighted by atomic mass is 19.3. The van der Waals surface area contributed by atoms with E-state index in [0.29, 0.717) is 16.9 Å². The number of benzene rings is 2. The Morgan fingerprint density at radius 2 is 1.79 bits per heavy atom. The molecule has 1 heterocycles. The normalized spacial score (nSPS) is 13.8. The molecule has 2 aromatic carbocycles. The number of hydrogen-bond acceptors (Lipinski definition) is 4. The van der Waals surface area contributed by atoms with Gasteiger partial charge in [-0.05, 0) is 42.3 Å². The Bertz CT molecular complexity index is 933. The Kier molecular flexibility index (Phi) is 5.08. The second-order valence-electron chi connectivity index (χ2n) is 6.45. The third-order valence-electron chi connectivity index (χ3n) is 4.03. The Morgan fingerprint density at radius 3 is 2.50 bits per heavy atom. The largest absolute Gasteiger partial charge is 0.586 e. The van der Waals surface area contributed by atoms with Gasteiger partial charge in [0.15, 0.2) is 11.5 Å². The maximum absolute atomic E-state index is 13.1. The van der Waals surface area contributed by atoms with Crippen molar-refractivity contribution < 1.29 is 27.8 Å². The summed E-state index contributed by atoms with van der Waals surface area (Å²) >= 11 is 0. The van der Waals surface area contributed by atoms with Crippen LogP contribution in [0.15, 0.2) is 36.4 Å². The molecular formula is C19H19F2N3O4. The lowest BCUT2D eigenvalue weighted by Crippen LogP contribution is -2.30. The van der Waals surface area contributed by atoms with Crippen molar-refractivity contribution in [1.82, 2.24) is 4.90 Å². The molecule has 0 radical (unpaired) electrons. The number of halogens is 2. The highest BCUT2D eigenvalue weighted by molar-refractivity contribution is 5.93. The maximum Gasteiger partial charge on any atom is 0.586 e. The van der Waals surface area contributed by atoms with Gasteiger partial charge in [-0.2, -0.15) is 0 Å². The molecule has 2 aromatic rings. The number of urea groups is 1. The van der Waals surface area contributed by atoms with Gasteiger partial charge in [0, 0.05) is 31.9 Å². The Labute approximate surface area is 160 Å². The highest BCUT2D eigenvalue weighted by Gasteiger charge is 2.43. The minimum atomic E-state index is -3.68. The molecule has 2 N–H and O–H groups in total. The summed E-state index contributed by atoms with van der Waals surface area (Å²) in [6, 6.07) is 9.10. The van der Waals surface area contributed by atoms with Gasteiger partial charge < -0.3 is 25.0 Å². The molecule has 148 valence electrons. The van der Waals surface area contributed by atoms with Crippen molar-refractivity contribution in [2.24, 2.45) is 0 Å². The molecule has 0 bridgehead atoms. The molecule has 3 rings (SSSR count). The first-order valence-corrected chi connectivity index (χ1v) is 8.42. The number of alkyl halides is 2. The predicted octanol–water partition coefficient (Wildman–Crippen LogP) is 3.94. The van der Waals surface area contributed by atoms with Crippen LogP contribution in [0.2, 0.25) is 0 Å². The number of fused-ring (bicyclic) bond motifs is 1. The molecule has 0 saturated carbocycles. The van der Waals surface area contributed by atoms with Crippen LogP contribution in [0.3, 0.4) is 0 Å². The number of carbonyl (C=O) groups is 2. The van der Waals surface area contributed by atoms with Gasteiger partial charge in [0.2, 0.25) is 5.91 Å². The van der Waals surface area contributed by atoms with Gasteiger partial charge in [-0.25, -0.2) is 4.79 Å². The third kappa shape index (κ3) is 4.48. The topological polar surface area (TPSA) is 79.9 Å². The van der Waals surface area contributed by atoms with Crippen LogP contribution in [0.4, 0.5) is 25.0 Å². The SMILES string of the molecule is CC(=O)Nc1cc(NC(=O)N(C)Cc2ccc3c(c2)OC(F)(F)O3)ccc1C. The van der Waals surface area contributed by atoms with E-state index in [1.807, 2.05) is 6.92 Å². The summed E-state index contributed by atoms with van der Waals surface area (Å²) in [5.41, 5.74) is 2.57. The molecule has 3 amide bonds. The van der Waals surface area contributed by atoms with E-state index in [0.717, 1.165) is 5.56 Å². The number of ether oxygens (including phenoxy) is 2. The fourth-order valence-electron chi connectivity index (χ4n) is 2.68. The second-order valence-corrected chi connectivity index (χ2v) is 6.45. The van der Waals surface area contributed by atoms with Crippen molar-refractivity contribution in [1.29, 1.82) is 0 Å². The smallest absolute Gasteiger partial charge is 0.395 e. The molecule has 0 spiro atoms. The van der Waals surface area contributed by atoms with Crippen LogP contribution in [-0.4, -0.2) is 30.2 Å². The molecule has 0 unspecified atom stereocenters. The molecular weight excluding hydrogens is 372 g/mol. The molecule has 0 aliphatic carbocycles. The van der Waals surface area contributed by atoms with E-state index >= 15 is 0 Å². The van der Waals surface area contributed by atoms with Gasteiger partial charge in [0.1, 0.15) is 0 Å². The number of rotatable bonds is 4. The van der Waals surface area contributed by atoms with Gasteiger partial charge in [0.05, 0.1) is 0 Å². The van der Waals surface area contributed by atoms with Crippen molar-refractivity contribution in [2.45, 2.75) is 26.7 Å². The lowest BCUT2D eigenvalue weighted by molar-refractivity contribution is -0.286. The molecule has 0 atom stereocenters. The van der Waals surface area contributed by atoms with Crippen molar-refractivity contribution >= 4 is 23.3 Å². The van der Waals surface area contributed by atoms with E-state index in [2.05, 4.69) is 20.1 Å². The first-order chi connectivity index (χ1) is 13.1. The van der Waals surface area contributed by atoms with Crippen LogP contribution in [0.1, 0.15) is 18.1 Å². The van der Waals surface area contributed by atoms with Crippen LogP contribution in [0.5, 0.6) is 11.5 Å². The van der Waals surface area contributed by atoms with Gasteiger partial charge >= 0.3 is 12.3 Å². The summed E-state index contributed by atoms with van der Waals surface area (Å²) in [5.74, 6) is -0.335. The standard InChI is InChI=1S/C19H19F2N3O4/c1-11-4-6-14(9-15(11)22-12(2)25)23-18(26)24(3)10-13-5-7-16-17(8-13)28-19(20,21)27-16/h4-9H,10H2,1-3H3,(H,22,25)(H,23,26). The van der Waals surface area contributed by atoms with Crippen LogP contribution >= 0.6 is 0 Å². The van der Waals surface area contributed by atoms with E-state index < -0.39 is 12.3 Å². The number of nitrogens with one attached hydrogen (secondary N) is 2. The van der Waals surface area contributed by atoms with Gasteiger partial charge in [0.25, 0.3) is 0 Å². The lowest BCUT2D eigenvalue weighted by Gasteiger charge is -2.19. The van der Waals surface area contributed by atoms with Crippen molar-refractivity contribution in [3.05, 3.63) is 47.5 Å². The van der Waals surface area contributed by atoms with Crippen molar-refractivity contribution in [3.8, 4) is 11.5 Å². The third-order valence-corrected chi connectivity index (χ3v) is 4.03. The molecule has 9 heteroatoms. The number of hydrogen-bond donors (Lipinski definition) is 2. The quantitative estimate of drug-likeness (QED) is 0.827. The lowest BCUT2D eigenvalue weighted by atomic mass is 10.1. The first kappa shape index (κ1) is 19.4. The monoisotopic (exact) mass is 391 g/mol. The highest BCUT2D eigenvalue weighted by Crippen LogP contribution is 2.41. The molecule has 0 fully saturated rings. The fraction of sp³-hybridized carbons (Fsp3) is 0.263. The fourth-order valence-corrected chi connectivity index (χ4v) is 2.68. The number of aryl methyl sites for hydroxylation is 1. The zero-order valence-corrected chi connectivity index (χ0v) is 15.5. The van der Waals surface area contributed by atoms with Gasteiger partial charge in [-0.15, -0.1) is 8.78 Å². The summed E-state index contributed by atoms with van der Waals surface area (Å²) in [4.78, 5) is 25.1. The zero-order valence-electron chi connectivity index (χ0n) is 15.5. The molecule has 1 aliphatic rings. The zero-order chi connectivity index (χ0) is 20.5. The van der Waals surface area contributed by atoms with E-state index in [9.17, 15) is 18.4 Å². The maximum atomic E-state index is 13.1. The number of carbonyl (C=O) groups excluding carboxylic acids is 2. The summed E-state index contributed by atoms with van der Waals surface area (Å²) < 4.78 is 35.0. The van der Waals surface area contributed by atoms with Crippen LogP contribution in [0.25, 0.3) is 0 Å². The first-order valence-electron chi connectivity index (χ1n) is 8.42. The van der Waals surface area contributed by atoms with E-state index in [1.165, 1.54) is 24.0 Å². The van der Waals surface area contributed by atoms with Crippen molar-refractivity contribution in [2.75, 3.05) is 17.7 Å². The minimum absolute atomic E-state index is 0.0500. The van der Waals surface area contributed by atoms with E-state index in [-0.39, 0.29) is 24.0 Å². The van der Waals surface area contributed by atoms with Crippen LogP contribution in [0, 0.1) is 6.92 Å².